The van der Waals surface area contributed by atoms with Crippen LogP contribution in [0.2, 0.25) is 0 Å². The number of amides is 1. The molecule has 0 unspecified atom stereocenters. The van der Waals surface area contributed by atoms with E-state index in [-0.39, 0.29) is 11.3 Å². The lowest BCUT2D eigenvalue weighted by molar-refractivity contribution is 0.0955. The molecule has 0 atom stereocenters. The van der Waals surface area contributed by atoms with E-state index in [1.807, 2.05) is 32.9 Å². The second kappa shape index (κ2) is 5.95. The quantitative estimate of drug-likeness (QED) is 0.519. The van der Waals surface area contributed by atoms with Gasteiger partial charge in [-0.2, -0.15) is 0 Å². The first kappa shape index (κ1) is 15.7. The number of aromatic nitrogens is 1. The Hall–Kier alpha value is -1.72. The maximum atomic E-state index is 12.0. The number of benzene rings is 1. The van der Waals surface area contributed by atoms with E-state index >= 15 is 0 Å². The van der Waals surface area contributed by atoms with Gasteiger partial charge in [0.25, 0.3) is 5.91 Å². The Morgan fingerprint density at radius 2 is 1.90 bits per heavy atom. The Morgan fingerprint density at radius 3 is 2.38 bits per heavy atom. The summed E-state index contributed by atoms with van der Waals surface area (Å²) in [5, 5.41) is 0.848. The standard InChI is InChI=1S/C16H21N3OS/c1-5-10-6-8-11(9-7-10)15-18-13(16(2,3)4)12(21-15)14(20)19-17/h6-9H,5,17H2,1-4H3,(H,19,20). The van der Waals surface area contributed by atoms with Gasteiger partial charge in [0.05, 0.1) is 5.69 Å². The summed E-state index contributed by atoms with van der Waals surface area (Å²) in [7, 11) is 0. The lowest BCUT2D eigenvalue weighted by atomic mass is 9.91. The minimum Gasteiger partial charge on any atom is -0.289 e. The number of nitrogens with zero attached hydrogens (tertiary/aromatic N) is 1. The van der Waals surface area contributed by atoms with Gasteiger partial charge in [0.2, 0.25) is 0 Å². The molecule has 0 aliphatic rings. The van der Waals surface area contributed by atoms with E-state index in [0.29, 0.717) is 4.88 Å². The highest BCUT2D eigenvalue weighted by molar-refractivity contribution is 7.17. The van der Waals surface area contributed by atoms with Crippen molar-refractivity contribution in [2.75, 3.05) is 0 Å². The predicted molar refractivity (Wildman–Crippen MR) is 87.3 cm³/mol. The van der Waals surface area contributed by atoms with Gasteiger partial charge < -0.3 is 0 Å². The van der Waals surface area contributed by atoms with Crippen molar-refractivity contribution in [1.82, 2.24) is 10.4 Å². The lowest BCUT2D eigenvalue weighted by Crippen LogP contribution is -2.31. The van der Waals surface area contributed by atoms with Crippen molar-refractivity contribution in [3.8, 4) is 10.6 Å². The van der Waals surface area contributed by atoms with Crippen molar-refractivity contribution in [3.63, 3.8) is 0 Å². The van der Waals surface area contributed by atoms with E-state index in [2.05, 4.69) is 29.5 Å². The number of hydrazine groups is 1. The van der Waals surface area contributed by atoms with Gasteiger partial charge in [0, 0.05) is 11.0 Å². The van der Waals surface area contributed by atoms with Gasteiger partial charge in [-0.25, -0.2) is 10.8 Å². The largest absolute Gasteiger partial charge is 0.289 e. The molecule has 2 rings (SSSR count). The molecule has 1 amide bonds. The third kappa shape index (κ3) is 3.31. The van der Waals surface area contributed by atoms with Gasteiger partial charge in [0.1, 0.15) is 9.88 Å². The molecule has 0 aliphatic carbocycles. The molecule has 2 aromatic rings. The first-order valence-electron chi connectivity index (χ1n) is 6.98. The minimum absolute atomic E-state index is 0.208. The van der Waals surface area contributed by atoms with E-state index in [1.54, 1.807) is 0 Å². The lowest BCUT2D eigenvalue weighted by Gasteiger charge is -2.16. The van der Waals surface area contributed by atoms with Gasteiger partial charge in [-0.05, 0) is 12.0 Å². The third-order valence-electron chi connectivity index (χ3n) is 3.28. The Kier molecular flexibility index (Phi) is 4.44. The fraction of sp³-hybridized carbons (Fsp3) is 0.375. The fourth-order valence-electron chi connectivity index (χ4n) is 2.05. The summed E-state index contributed by atoms with van der Waals surface area (Å²) in [6, 6.07) is 8.29. The molecule has 21 heavy (non-hydrogen) atoms. The summed E-state index contributed by atoms with van der Waals surface area (Å²) in [5.41, 5.74) is 5.09. The van der Waals surface area contributed by atoms with Gasteiger partial charge >= 0.3 is 0 Å². The number of carbonyl (C=O) groups excluding carboxylic acids is 1. The zero-order chi connectivity index (χ0) is 15.6. The average molecular weight is 303 g/mol. The molecule has 4 nitrogen and oxygen atoms in total. The molecule has 5 heteroatoms. The van der Waals surface area contributed by atoms with Crippen molar-refractivity contribution >= 4 is 17.2 Å². The first-order valence-corrected chi connectivity index (χ1v) is 7.80. The fourth-order valence-corrected chi connectivity index (χ4v) is 3.24. The van der Waals surface area contributed by atoms with Crippen molar-refractivity contribution in [1.29, 1.82) is 0 Å². The number of hydrogen-bond acceptors (Lipinski definition) is 4. The number of hydrogen-bond donors (Lipinski definition) is 2. The summed E-state index contributed by atoms with van der Waals surface area (Å²) in [6.07, 6.45) is 1.01. The predicted octanol–water partition coefficient (Wildman–Crippen LogP) is 3.27. The Morgan fingerprint density at radius 1 is 1.29 bits per heavy atom. The van der Waals surface area contributed by atoms with E-state index in [0.717, 1.165) is 22.7 Å². The van der Waals surface area contributed by atoms with Crippen LogP contribution in [0.1, 0.15) is 48.6 Å². The van der Waals surface area contributed by atoms with Crippen LogP contribution >= 0.6 is 11.3 Å². The highest BCUT2D eigenvalue weighted by atomic mass is 32.1. The second-order valence-electron chi connectivity index (χ2n) is 5.97. The van der Waals surface area contributed by atoms with Crippen LogP contribution in [0.3, 0.4) is 0 Å². The Balaban J connectivity index is 2.50. The van der Waals surface area contributed by atoms with E-state index in [9.17, 15) is 4.79 Å². The van der Waals surface area contributed by atoms with Crippen LogP contribution in [-0.4, -0.2) is 10.9 Å². The monoisotopic (exact) mass is 303 g/mol. The molecule has 1 heterocycles. The molecule has 0 aliphatic heterocycles. The number of nitrogens with two attached hydrogens (primary N) is 1. The number of carbonyl (C=O) groups is 1. The Bertz CT molecular complexity index is 639. The van der Waals surface area contributed by atoms with Crippen molar-refractivity contribution in [2.24, 2.45) is 5.84 Å². The molecule has 0 bridgehead atoms. The van der Waals surface area contributed by atoms with Crippen molar-refractivity contribution < 1.29 is 4.79 Å². The van der Waals surface area contributed by atoms with Gasteiger partial charge in [0.15, 0.2) is 0 Å². The number of nitrogen functional groups attached to an aromatic ring is 1. The van der Waals surface area contributed by atoms with Gasteiger partial charge in [-0.3, -0.25) is 10.2 Å². The van der Waals surface area contributed by atoms with Crippen LogP contribution in [0.4, 0.5) is 0 Å². The topological polar surface area (TPSA) is 68.0 Å². The molecule has 3 N–H and O–H groups in total. The molecule has 0 fully saturated rings. The molecule has 0 saturated heterocycles. The Labute approximate surface area is 129 Å². The molecule has 112 valence electrons. The van der Waals surface area contributed by atoms with Crippen LogP contribution in [0.15, 0.2) is 24.3 Å². The number of thiazole rings is 1. The van der Waals surface area contributed by atoms with Crippen molar-refractivity contribution in [2.45, 2.75) is 39.5 Å². The summed E-state index contributed by atoms with van der Waals surface area (Å²) in [6.45, 7) is 8.25. The number of aryl methyl sites for hydroxylation is 1. The van der Waals surface area contributed by atoms with Crippen LogP contribution in [0, 0.1) is 0 Å². The second-order valence-corrected chi connectivity index (χ2v) is 6.97. The summed E-state index contributed by atoms with van der Waals surface area (Å²) >= 11 is 1.38. The van der Waals surface area contributed by atoms with Crippen LogP contribution in [0.5, 0.6) is 0 Å². The minimum atomic E-state index is -0.283. The van der Waals surface area contributed by atoms with Crippen molar-refractivity contribution in [3.05, 3.63) is 40.4 Å². The molecular weight excluding hydrogens is 282 g/mol. The molecule has 0 radical (unpaired) electrons. The van der Waals surface area contributed by atoms with E-state index in [4.69, 9.17) is 5.84 Å². The maximum absolute atomic E-state index is 12.0. The highest BCUT2D eigenvalue weighted by Gasteiger charge is 2.27. The molecule has 1 aromatic heterocycles. The maximum Gasteiger partial charge on any atom is 0.277 e. The number of nitrogens with one attached hydrogen (secondary N) is 1. The molecule has 0 spiro atoms. The van der Waals surface area contributed by atoms with Crippen LogP contribution in [-0.2, 0) is 11.8 Å². The molecule has 1 aromatic carbocycles. The van der Waals surface area contributed by atoms with Crippen LogP contribution < -0.4 is 11.3 Å². The average Bonchev–Trinajstić information content (AvgIpc) is 2.92. The summed E-state index contributed by atoms with van der Waals surface area (Å²) in [5.74, 6) is 5.00. The SMILES string of the molecule is CCc1ccc(-c2nc(C(C)(C)C)c(C(=O)NN)s2)cc1. The zero-order valence-electron chi connectivity index (χ0n) is 12.9. The highest BCUT2D eigenvalue weighted by Crippen LogP contribution is 2.34. The van der Waals surface area contributed by atoms with Gasteiger partial charge in [-0.1, -0.05) is 52.0 Å². The summed E-state index contributed by atoms with van der Waals surface area (Å²) in [4.78, 5) is 17.2. The number of rotatable bonds is 3. The summed E-state index contributed by atoms with van der Waals surface area (Å²) < 4.78 is 0. The van der Waals surface area contributed by atoms with Gasteiger partial charge in [-0.15, -0.1) is 11.3 Å². The van der Waals surface area contributed by atoms with Crippen LogP contribution in [0.25, 0.3) is 10.6 Å². The van der Waals surface area contributed by atoms with E-state index < -0.39 is 0 Å². The first-order chi connectivity index (χ1) is 9.86. The normalized spacial score (nSPS) is 11.5. The van der Waals surface area contributed by atoms with E-state index in [1.165, 1.54) is 16.9 Å². The molecular formula is C16H21N3OS. The third-order valence-corrected chi connectivity index (χ3v) is 4.39. The molecule has 0 saturated carbocycles. The smallest absolute Gasteiger partial charge is 0.277 e. The zero-order valence-corrected chi connectivity index (χ0v) is 13.7.